The second kappa shape index (κ2) is 7.46. The lowest BCUT2D eigenvalue weighted by molar-refractivity contribution is 0.205. The molecule has 1 atom stereocenters. The summed E-state index contributed by atoms with van der Waals surface area (Å²) in [4.78, 5) is 26.2. The third kappa shape index (κ3) is 3.11. The highest BCUT2D eigenvalue weighted by molar-refractivity contribution is 6.30. The average molecular weight is 451 g/mol. The number of hydrogen-bond acceptors (Lipinski definition) is 7. The highest BCUT2D eigenvalue weighted by Crippen LogP contribution is 2.31. The molecule has 0 saturated heterocycles. The molecule has 10 heteroatoms. The number of nitrogens with zero attached hydrogens (tertiary/aromatic N) is 7. The Morgan fingerprint density at radius 1 is 1.19 bits per heavy atom. The van der Waals surface area contributed by atoms with Gasteiger partial charge >= 0.3 is 0 Å². The second-order valence-corrected chi connectivity index (χ2v) is 8.87. The van der Waals surface area contributed by atoms with Gasteiger partial charge in [-0.3, -0.25) is 20.1 Å². The lowest BCUT2D eigenvalue weighted by Crippen LogP contribution is -2.51. The van der Waals surface area contributed by atoms with Crippen LogP contribution in [0.4, 0.5) is 11.5 Å². The molecule has 0 bridgehead atoms. The number of pyridine rings is 1. The van der Waals surface area contributed by atoms with Gasteiger partial charge in [-0.2, -0.15) is 5.10 Å². The van der Waals surface area contributed by atoms with Crippen molar-refractivity contribution in [1.82, 2.24) is 29.3 Å². The molecular formula is C22H23ClN8O. The summed E-state index contributed by atoms with van der Waals surface area (Å²) >= 11 is 6.01. The molecule has 0 radical (unpaired) electrons. The van der Waals surface area contributed by atoms with Crippen LogP contribution in [0.15, 0.2) is 41.1 Å². The molecule has 0 aromatic carbocycles. The predicted octanol–water partition coefficient (Wildman–Crippen LogP) is 2.37. The van der Waals surface area contributed by atoms with Crippen LogP contribution in [0.25, 0.3) is 6.08 Å². The number of aromatic nitrogens is 5. The minimum absolute atomic E-state index is 0.103. The fourth-order valence-corrected chi connectivity index (χ4v) is 4.97. The maximum atomic E-state index is 12.5. The Bertz CT molecular complexity index is 1300. The predicted molar refractivity (Wildman–Crippen MR) is 123 cm³/mol. The minimum atomic E-state index is -0.284. The van der Waals surface area contributed by atoms with E-state index < -0.39 is 0 Å². The van der Waals surface area contributed by atoms with Crippen molar-refractivity contribution in [2.24, 2.45) is 0 Å². The van der Waals surface area contributed by atoms with E-state index in [2.05, 4.69) is 44.4 Å². The summed E-state index contributed by atoms with van der Waals surface area (Å²) in [5.74, 6) is 1.68. The molecule has 6 heterocycles. The van der Waals surface area contributed by atoms with Crippen molar-refractivity contribution < 1.29 is 0 Å². The van der Waals surface area contributed by atoms with Gasteiger partial charge in [-0.25, -0.2) is 14.3 Å². The van der Waals surface area contributed by atoms with Crippen molar-refractivity contribution in [1.29, 1.82) is 0 Å². The summed E-state index contributed by atoms with van der Waals surface area (Å²) in [6, 6.07) is 4.30. The van der Waals surface area contributed by atoms with Gasteiger partial charge in [0.1, 0.15) is 17.0 Å². The Hall–Kier alpha value is -3.17. The van der Waals surface area contributed by atoms with Crippen LogP contribution in [-0.4, -0.2) is 48.6 Å². The molecule has 1 N–H and O–H groups in total. The van der Waals surface area contributed by atoms with Crippen molar-refractivity contribution in [3.8, 4) is 0 Å². The van der Waals surface area contributed by atoms with Crippen LogP contribution in [0.5, 0.6) is 0 Å². The Balaban J connectivity index is 1.29. The average Bonchev–Trinajstić information content (AvgIpc) is 3.30. The zero-order chi connectivity index (χ0) is 21.8. The van der Waals surface area contributed by atoms with Crippen molar-refractivity contribution in [3.63, 3.8) is 0 Å². The summed E-state index contributed by atoms with van der Waals surface area (Å²) in [5, 5.41) is 4.53. The normalized spacial score (nSPS) is 20.1. The third-order valence-electron chi connectivity index (χ3n) is 6.44. The summed E-state index contributed by atoms with van der Waals surface area (Å²) < 4.78 is 3.49. The lowest BCUT2D eigenvalue weighted by Gasteiger charge is -2.39. The van der Waals surface area contributed by atoms with Crippen LogP contribution < -0.4 is 15.9 Å². The Morgan fingerprint density at radius 2 is 2.09 bits per heavy atom. The van der Waals surface area contributed by atoms with E-state index in [9.17, 15) is 4.79 Å². The van der Waals surface area contributed by atoms with Gasteiger partial charge in [0.25, 0.3) is 5.56 Å². The zero-order valence-electron chi connectivity index (χ0n) is 17.7. The summed E-state index contributed by atoms with van der Waals surface area (Å²) in [5.41, 5.74) is 7.57. The molecule has 6 rings (SSSR count). The molecule has 164 valence electrons. The third-order valence-corrected chi connectivity index (χ3v) is 6.70. The molecule has 0 aliphatic carbocycles. The number of halogens is 1. The zero-order valence-corrected chi connectivity index (χ0v) is 18.5. The molecule has 0 fully saturated rings. The van der Waals surface area contributed by atoms with Crippen molar-refractivity contribution in [2.75, 3.05) is 23.4 Å². The van der Waals surface area contributed by atoms with E-state index in [1.807, 2.05) is 23.2 Å². The van der Waals surface area contributed by atoms with Crippen LogP contribution >= 0.6 is 11.6 Å². The maximum Gasteiger partial charge on any atom is 0.291 e. The van der Waals surface area contributed by atoms with Crippen LogP contribution in [0.2, 0.25) is 5.02 Å². The van der Waals surface area contributed by atoms with E-state index in [4.69, 9.17) is 16.6 Å². The molecule has 0 saturated carbocycles. The highest BCUT2D eigenvalue weighted by atomic mass is 35.5. The molecular weight excluding hydrogens is 428 g/mol. The number of rotatable bonds is 2. The Labute approximate surface area is 189 Å². The quantitative estimate of drug-likeness (QED) is 0.641. The summed E-state index contributed by atoms with van der Waals surface area (Å²) in [6.45, 7) is 5.54. The van der Waals surface area contributed by atoms with Gasteiger partial charge < -0.3 is 4.90 Å². The van der Waals surface area contributed by atoms with E-state index >= 15 is 0 Å². The van der Waals surface area contributed by atoms with Gasteiger partial charge in [0.05, 0.1) is 24.3 Å². The topological polar surface area (TPSA) is 84.1 Å². The lowest BCUT2D eigenvalue weighted by atomic mass is 10.0. The molecule has 3 aromatic rings. The van der Waals surface area contributed by atoms with Crippen molar-refractivity contribution in [2.45, 2.75) is 39.0 Å². The maximum absolute atomic E-state index is 12.5. The fraction of sp³-hybridized carbons (Fsp3) is 0.364. The molecule has 1 unspecified atom stereocenters. The van der Waals surface area contributed by atoms with Crippen molar-refractivity contribution >= 4 is 29.2 Å². The van der Waals surface area contributed by atoms with E-state index in [1.165, 1.54) is 16.4 Å². The first-order valence-corrected chi connectivity index (χ1v) is 11.2. The first kappa shape index (κ1) is 19.5. The molecule has 3 aliphatic rings. The number of hydrogen-bond donors (Lipinski definition) is 1. The van der Waals surface area contributed by atoms with E-state index in [-0.39, 0.29) is 16.7 Å². The molecule has 3 aromatic heterocycles. The molecule has 32 heavy (non-hydrogen) atoms. The Morgan fingerprint density at radius 3 is 3.00 bits per heavy atom. The summed E-state index contributed by atoms with van der Waals surface area (Å²) in [6.07, 6.45) is 8.97. The molecule has 0 amide bonds. The molecule has 9 nitrogen and oxygen atoms in total. The van der Waals surface area contributed by atoms with Gasteiger partial charge in [-0.05, 0) is 36.6 Å². The van der Waals surface area contributed by atoms with Crippen LogP contribution in [0, 0.1) is 0 Å². The number of aryl methyl sites for hydroxylation is 1. The number of nitrogens with one attached hydrogen (secondary N) is 1. The van der Waals surface area contributed by atoms with Gasteiger partial charge in [0.2, 0.25) is 0 Å². The number of anilines is 2. The first-order chi connectivity index (χ1) is 15.6. The summed E-state index contributed by atoms with van der Waals surface area (Å²) in [7, 11) is 0. The van der Waals surface area contributed by atoms with Crippen LogP contribution in [-0.2, 0) is 19.5 Å². The van der Waals surface area contributed by atoms with Gasteiger partial charge in [0.15, 0.2) is 5.82 Å². The van der Waals surface area contributed by atoms with E-state index in [0.717, 1.165) is 61.8 Å². The minimum Gasteiger partial charge on any atom is -0.325 e. The van der Waals surface area contributed by atoms with Crippen LogP contribution in [0.3, 0.4) is 0 Å². The van der Waals surface area contributed by atoms with E-state index in [0.29, 0.717) is 5.82 Å². The SMILES string of the molecule is CC1=Cc2ncc(Cl)c(=O)n2NC1N1CCc2ncc(N3CCCn4nccc43)cc2C1. The first-order valence-electron chi connectivity index (χ1n) is 10.8. The fourth-order valence-electron chi connectivity index (χ4n) is 4.83. The standard InChI is InChI=1S/C22H23ClN8O/c1-14-9-19-25-12-17(23)22(32)31(19)27-21(14)28-8-4-18-15(13-28)10-16(11-24-18)29-6-2-7-30-20(29)3-5-26-30/h3,5,9-12,21,27H,2,4,6-8,13H2,1H3. The monoisotopic (exact) mass is 450 g/mol. The van der Waals surface area contributed by atoms with Gasteiger partial charge in [0, 0.05) is 44.4 Å². The smallest absolute Gasteiger partial charge is 0.291 e. The van der Waals surface area contributed by atoms with Gasteiger partial charge in [-0.1, -0.05) is 11.6 Å². The number of fused-ring (bicyclic) bond motifs is 3. The van der Waals surface area contributed by atoms with Gasteiger partial charge in [-0.15, -0.1) is 0 Å². The van der Waals surface area contributed by atoms with Crippen molar-refractivity contribution in [3.05, 3.63) is 68.8 Å². The van der Waals surface area contributed by atoms with E-state index in [1.54, 1.807) is 0 Å². The van der Waals surface area contributed by atoms with Crippen LogP contribution in [0.1, 0.15) is 30.4 Å². The Kier molecular flexibility index (Phi) is 4.55. The molecule has 3 aliphatic heterocycles. The largest absolute Gasteiger partial charge is 0.325 e. The second-order valence-electron chi connectivity index (χ2n) is 8.46. The highest BCUT2D eigenvalue weighted by Gasteiger charge is 2.30. The molecule has 0 spiro atoms.